The Bertz CT molecular complexity index is 2070. The Hall–Kier alpha value is -4.83. The summed E-state index contributed by atoms with van der Waals surface area (Å²) in [7, 11) is 1.57. The van der Waals surface area contributed by atoms with Gasteiger partial charge >= 0.3 is 5.97 Å². The predicted molar refractivity (Wildman–Crippen MR) is 207 cm³/mol. The van der Waals surface area contributed by atoms with Gasteiger partial charge in [0.1, 0.15) is 12.4 Å². The summed E-state index contributed by atoms with van der Waals surface area (Å²) in [6, 6.07) is 26.3. The first-order valence-electron chi connectivity index (χ1n) is 17.8. The standard InChI is InChI=1S/C42H48N4O5S/c1-9-50-40(48)42(6,7)24-37-39(52-41(3,4)5)33-23-32(51-26-31-22-30-12-10-11-13-35(30)46(31)27(2)47)18-20-36(33)45(37)25-28-14-16-29(17-15-28)34-19-21-38(49-8)44-43-34/h10-21,23,31H,9,22,24-26H2,1-8H3. The van der Waals surface area contributed by atoms with E-state index < -0.39 is 5.41 Å². The number of nitrogens with zero attached hydrogens (tertiary/aromatic N) is 4. The van der Waals surface area contributed by atoms with Crippen molar-refractivity contribution in [3.05, 3.63) is 95.7 Å². The number of para-hydroxylation sites is 1. The van der Waals surface area contributed by atoms with Crippen molar-refractivity contribution < 1.29 is 23.8 Å². The van der Waals surface area contributed by atoms with Gasteiger partial charge in [-0.15, -0.1) is 22.0 Å². The molecule has 0 saturated carbocycles. The highest BCUT2D eigenvalue weighted by molar-refractivity contribution is 8.00. The molecule has 0 fully saturated rings. The van der Waals surface area contributed by atoms with Crippen LogP contribution in [0.25, 0.3) is 22.2 Å². The molecule has 0 spiro atoms. The number of carbonyl (C=O) groups excluding carboxylic acids is 2. The lowest BCUT2D eigenvalue weighted by atomic mass is 9.87. The maximum atomic E-state index is 13.3. The maximum absolute atomic E-state index is 13.3. The van der Waals surface area contributed by atoms with E-state index in [-0.39, 0.29) is 22.7 Å². The number of aromatic nitrogens is 3. The van der Waals surface area contributed by atoms with E-state index in [1.807, 2.05) is 56.0 Å². The Labute approximate surface area is 310 Å². The van der Waals surface area contributed by atoms with E-state index in [1.165, 1.54) is 0 Å². The number of thioether (sulfide) groups is 1. The zero-order valence-electron chi connectivity index (χ0n) is 31.4. The number of amides is 1. The quantitative estimate of drug-likeness (QED) is 0.0935. The first-order valence-corrected chi connectivity index (χ1v) is 18.6. The van der Waals surface area contributed by atoms with E-state index in [4.69, 9.17) is 14.2 Å². The summed E-state index contributed by atoms with van der Waals surface area (Å²) in [6.45, 7) is 15.3. The molecule has 52 heavy (non-hydrogen) atoms. The molecule has 3 heterocycles. The Morgan fingerprint density at radius 1 is 0.942 bits per heavy atom. The minimum Gasteiger partial charge on any atom is -0.491 e. The largest absolute Gasteiger partial charge is 0.491 e. The average Bonchev–Trinajstić information content (AvgIpc) is 3.62. The van der Waals surface area contributed by atoms with Crippen LogP contribution in [-0.4, -0.2) is 57.8 Å². The van der Waals surface area contributed by atoms with Crippen molar-refractivity contribution in [1.29, 1.82) is 0 Å². The first kappa shape index (κ1) is 36.9. The van der Waals surface area contributed by atoms with Gasteiger partial charge in [0.25, 0.3) is 0 Å². The second-order valence-corrected chi connectivity index (χ2v) is 16.7. The number of hydrogen-bond donors (Lipinski definition) is 0. The lowest BCUT2D eigenvalue weighted by Crippen LogP contribution is -2.40. The number of fused-ring (bicyclic) bond motifs is 2. The fourth-order valence-corrected chi connectivity index (χ4v) is 7.98. The SMILES string of the molecule is CCOC(=O)C(C)(C)Cc1c(SC(C)(C)C)c2cc(OCC3Cc4ccccc4N3C(C)=O)ccc2n1Cc1ccc(-c2ccc(OC)nn2)cc1. The van der Waals surface area contributed by atoms with Crippen LogP contribution in [0.5, 0.6) is 11.6 Å². The molecule has 0 radical (unpaired) electrons. The molecule has 1 aliphatic rings. The fourth-order valence-electron chi connectivity index (χ4n) is 6.80. The van der Waals surface area contributed by atoms with Crippen LogP contribution in [0.15, 0.2) is 83.8 Å². The number of hydrogen-bond acceptors (Lipinski definition) is 8. The van der Waals surface area contributed by atoms with Crippen molar-refractivity contribution in [3.8, 4) is 22.9 Å². The third kappa shape index (κ3) is 7.97. The number of methoxy groups -OCH3 is 1. The van der Waals surface area contributed by atoms with Gasteiger partial charge in [0.15, 0.2) is 0 Å². The molecule has 9 nitrogen and oxygen atoms in total. The lowest BCUT2D eigenvalue weighted by molar-refractivity contribution is -0.153. The number of ether oxygens (including phenoxy) is 3. The summed E-state index contributed by atoms with van der Waals surface area (Å²) >= 11 is 1.80. The fraction of sp³-hybridized carbons (Fsp3) is 0.381. The molecule has 6 rings (SSSR count). The summed E-state index contributed by atoms with van der Waals surface area (Å²) in [4.78, 5) is 29.0. The minimum atomic E-state index is -0.765. The normalized spacial score (nSPS) is 14.4. The molecule has 0 saturated heterocycles. The Morgan fingerprint density at radius 2 is 1.69 bits per heavy atom. The van der Waals surface area contributed by atoms with Crippen LogP contribution < -0.4 is 14.4 Å². The molecule has 0 N–H and O–H groups in total. The van der Waals surface area contributed by atoms with Crippen molar-refractivity contribution in [2.24, 2.45) is 5.41 Å². The van der Waals surface area contributed by atoms with Crippen LogP contribution in [-0.2, 0) is 33.7 Å². The molecular formula is C42H48N4O5S. The van der Waals surface area contributed by atoms with Gasteiger partial charge in [-0.3, -0.25) is 9.59 Å². The van der Waals surface area contributed by atoms with Crippen molar-refractivity contribution >= 4 is 40.2 Å². The molecule has 0 aliphatic carbocycles. The predicted octanol–water partition coefficient (Wildman–Crippen LogP) is 8.53. The van der Waals surface area contributed by atoms with Gasteiger partial charge in [0, 0.05) is 63.4 Å². The Balaban J connectivity index is 1.38. The third-order valence-electron chi connectivity index (χ3n) is 9.23. The van der Waals surface area contributed by atoms with Crippen LogP contribution in [0.3, 0.4) is 0 Å². The van der Waals surface area contributed by atoms with E-state index in [2.05, 4.69) is 78.0 Å². The number of esters is 1. The molecular weight excluding hydrogens is 673 g/mol. The van der Waals surface area contributed by atoms with Gasteiger partial charge in [0.05, 0.1) is 30.9 Å². The van der Waals surface area contributed by atoms with Crippen LogP contribution in [0.1, 0.15) is 65.3 Å². The minimum absolute atomic E-state index is 0.00811. The first-order chi connectivity index (χ1) is 24.8. The van der Waals surface area contributed by atoms with E-state index in [0.717, 1.165) is 61.7 Å². The monoisotopic (exact) mass is 720 g/mol. The molecule has 1 atom stereocenters. The van der Waals surface area contributed by atoms with E-state index >= 15 is 0 Å². The van der Waals surface area contributed by atoms with Crippen molar-refractivity contribution in [1.82, 2.24) is 14.8 Å². The Morgan fingerprint density at radius 3 is 2.35 bits per heavy atom. The van der Waals surface area contributed by atoms with Gasteiger partial charge in [-0.2, -0.15) is 0 Å². The smallest absolute Gasteiger partial charge is 0.311 e. The molecule has 1 aliphatic heterocycles. The van der Waals surface area contributed by atoms with Crippen molar-refractivity contribution in [3.63, 3.8) is 0 Å². The van der Waals surface area contributed by atoms with Crippen LogP contribution in [0.4, 0.5) is 5.69 Å². The molecule has 0 bridgehead atoms. The lowest BCUT2D eigenvalue weighted by Gasteiger charge is -2.26. The van der Waals surface area contributed by atoms with Crippen LogP contribution in [0.2, 0.25) is 0 Å². The zero-order valence-corrected chi connectivity index (χ0v) is 32.2. The number of benzene rings is 3. The number of rotatable bonds is 12. The summed E-state index contributed by atoms with van der Waals surface area (Å²) in [5.74, 6) is 0.993. The summed E-state index contributed by atoms with van der Waals surface area (Å²) < 4.78 is 19.4. The van der Waals surface area contributed by atoms with Gasteiger partial charge in [-0.05, 0) is 68.7 Å². The van der Waals surface area contributed by atoms with Crippen molar-refractivity contribution in [2.75, 3.05) is 25.2 Å². The van der Waals surface area contributed by atoms with Crippen molar-refractivity contribution in [2.45, 2.75) is 83.5 Å². The topological polar surface area (TPSA) is 95.8 Å². The van der Waals surface area contributed by atoms with Gasteiger partial charge in [0.2, 0.25) is 11.8 Å². The molecule has 10 heteroatoms. The third-order valence-corrected chi connectivity index (χ3v) is 10.5. The van der Waals surface area contributed by atoms with Gasteiger partial charge < -0.3 is 23.7 Å². The van der Waals surface area contributed by atoms with E-state index in [0.29, 0.717) is 32.1 Å². The van der Waals surface area contributed by atoms with Crippen LogP contribution >= 0.6 is 11.8 Å². The molecule has 3 aromatic carbocycles. The van der Waals surface area contributed by atoms with Crippen LogP contribution in [0, 0.1) is 5.41 Å². The maximum Gasteiger partial charge on any atom is 0.311 e. The number of anilines is 1. The van der Waals surface area contributed by atoms with Gasteiger partial charge in [-0.25, -0.2) is 0 Å². The molecule has 5 aromatic rings. The highest BCUT2D eigenvalue weighted by atomic mass is 32.2. The molecule has 272 valence electrons. The second-order valence-electron chi connectivity index (χ2n) is 14.9. The average molecular weight is 721 g/mol. The molecule has 1 unspecified atom stereocenters. The zero-order chi connectivity index (χ0) is 37.2. The number of carbonyl (C=O) groups is 2. The second kappa shape index (κ2) is 15.0. The Kier molecular flexibility index (Phi) is 10.7. The summed E-state index contributed by atoms with van der Waals surface area (Å²) in [5.41, 5.74) is 6.30. The summed E-state index contributed by atoms with van der Waals surface area (Å²) in [6.07, 6.45) is 1.24. The molecule has 2 aromatic heterocycles. The van der Waals surface area contributed by atoms with Gasteiger partial charge in [-0.1, -0.05) is 63.2 Å². The highest BCUT2D eigenvalue weighted by Crippen LogP contribution is 2.44. The van der Waals surface area contributed by atoms with E-state index in [9.17, 15) is 9.59 Å². The molecule has 1 amide bonds. The van der Waals surface area contributed by atoms with E-state index in [1.54, 1.807) is 31.9 Å². The highest BCUT2D eigenvalue weighted by Gasteiger charge is 2.35. The summed E-state index contributed by atoms with van der Waals surface area (Å²) in [5, 5.41) is 9.50.